The van der Waals surface area contributed by atoms with Crippen molar-refractivity contribution in [1.82, 2.24) is 20.4 Å². The van der Waals surface area contributed by atoms with E-state index in [4.69, 9.17) is 9.78 Å². The molecule has 118 valence electrons. The third kappa shape index (κ3) is 2.45. The summed E-state index contributed by atoms with van der Waals surface area (Å²) in [6.45, 7) is 3.70. The highest BCUT2D eigenvalue weighted by Crippen LogP contribution is 2.30. The van der Waals surface area contributed by atoms with Gasteiger partial charge in [-0.15, -0.1) is 0 Å². The average molecular weight is 317 g/mol. The first-order valence-electron chi connectivity index (χ1n) is 7.79. The summed E-state index contributed by atoms with van der Waals surface area (Å²) in [4.78, 5) is 9.02. The zero-order valence-electron chi connectivity index (χ0n) is 13.2. The van der Waals surface area contributed by atoms with E-state index in [9.17, 15) is 0 Å². The molecule has 0 saturated carbocycles. The Labute approximate surface area is 139 Å². The molecule has 1 aromatic carbocycles. The molecule has 2 aromatic heterocycles. The van der Waals surface area contributed by atoms with Gasteiger partial charge in [-0.1, -0.05) is 11.2 Å². The second kappa shape index (κ2) is 5.87. The second-order valence-corrected chi connectivity index (χ2v) is 5.76. The van der Waals surface area contributed by atoms with Crippen molar-refractivity contribution < 1.29 is 4.52 Å². The minimum atomic E-state index is 0.410. The first kappa shape index (κ1) is 14.5. The number of fused-ring (bicyclic) bond motifs is 1. The highest BCUT2D eigenvalue weighted by molar-refractivity contribution is 5.67. The van der Waals surface area contributed by atoms with Gasteiger partial charge in [0.15, 0.2) is 0 Å². The molecule has 0 radical (unpaired) electrons. The van der Waals surface area contributed by atoms with E-state index < -0.39 is 0 Å². The van der Waals surface area contributed by atoms with Gasteiger partial charge in [-0.25, -0.2) is 0 Å². The lowest BCUT2D eigenvalue weighted by Gasteiger charge is -2.19. The van der Waals surface area contributed by atoms with E-state index in [1.165, 1.54) is 11.1 Å². The fourth-order valence-corrected chi connectivity index (χ4v) is 3.03. The van der Waals surface area contributed by atoms with Crippen LogP contribution in [0.1, 0.15) is 22.4 Å². The molecule has 4 rings (SSSR count). The van der Waals surface area contributed by atoms with E-state index in [1.807, 2.05) is 19.2 Å². The Balaban J connectivity index is 1.80. The molecule has 0 atom stereocenters. The SMILES string of the molecule is Cc1ncc2c(c1-c1noc(-c3cccc(C#N)c3)n1)CCNC2. The van der Waals surface area contributed by atoms with Crippen LogP contribution in [-0.2, 0) is 13.0 Å². The van der Waals surface area contributed by atoms with Crippen molar-refractivity contribution in [2.75, 3.05) is 6.54 Å². The van der Waals surface area contributed by atoms with Gasteiger partial charge in [-0.2, -0.15) is 10.2 Å². The second-order valence-electron chi connectivity index (χ2n) is 5.76. The van der Waals surface area contributed by atoms with E-state index in [0.717, 1.165) is 36.3 Å². The predicted molar refractivity (Wildman–Crippen MR) is 87.8 cm³/mol. The normalized spacial score (nSPS) is 13.3. The van der Waals surface area contributed by atoms with E-state index in [1.54, 1.807) is 18.2 Å². The minimum Gasteiger partial charge on any atom is -0.334 e. The first-order chi connectivity index (χ1) is 11.8. The molecule has 6 heteroatoms. The van der Waals surface area contributed by atoms with Crippen molar-refractivity contribution in [2.45, 2.75) is 19.9 Å². The third-order valence-corrected chi connectivity index (χ3v) is 4.22. The lowest BCUT2D eigenvalue weighted by molar-refractivity contribution is 0.432. The molecule has 0 amide bonds. The Bertz CT molecular complexity index is 954. The lowest BCUT2D eigenvalue weighted by atomic mass is 9.95. The number of aromatic nitrogens is 3. The van der Waals surface area contributed by atoms with Gasteiger partial charge in [-0.05, 0) is 49.2 Å². The van der Waals surface area contributed by atoms with E-state index >= 15 is 0 Å². The summed E-state index contributed by atoms with van der Waals surface area (Å²) in [6, 6.07) is 9.27. The quantitative estimate of drug-likeness (QED) is 0.781. The smallest absolute Gasteiger partial charge is 0.258 e. The van der Waals surface area contributed by atoms with Crippen LogP contribution in [0.15, 0.2) is 35.0 Å². The standard InChI is InChI=1S/C18H15N5O/c1-11-16(15-5-6-20-9-14(15)10-21-11)17-22-18(24-23-17)13-4-2-3-12(7-13)8-19/h2-4,7,10,20H,5-6,9H2,1H3. The van der Waals surface area contributed by atoms with E-state index in [0.29, 0.717) is 17.3 Å². The summed E-state index contributed by atoms with van der Waals surface area (Å²) < 4.78 is 5.44. The summed E-state index contributed by atoms with van der Waals surface area (Å²) in [5.74, 6) is 0.962. The van der Waals surface area contributed by atoms with Crippen LogP contribution >= 0.6 is 0 Å². The maximum Gasteiger partial charge on any atom is 0.258 e. The largest absolute Gasteiger partial charge is 0.334 e. The summed E-state index contributed by atoms with van der Waals surface area (Å²) >= 11 is 0. The highest BCUT2D eigenvalue weighted by atomic mass is 16.5. The highest BCUT2D eigenvalue weighted by Gasteiger charge is 2.21. The van der Waals surface area contributed by atoms with Crippen LogP contribution in [0.4, 0.5) is 0 Å². The molecular formula is C18H15N5O. The Hall–Kier alpha value is -3.04. The number of rotatable bonds is 2. The Kier molecular flexibility index (Phi) is 3.56. The zero-order chi connectivity index (χ0) is 16.5. The van der Waals surface area contributed by atoms with Crippen LogP contribution in [0.25, 0.3) is 22.8 Å². The molecule has 1 aliphatic heterocycles. The molecule has 0 aliphatic carbocycles. The molecule has 0 fully saturated rings. The van der Waals surface area contributed by atoms with Gasteiger partial charge < -0.3 is 9.84 Å². The third-order valence-electron chi connectivity index (χ3n) is 4.22. The van der Waals surface area contributed by atoms with Crippen LogP contribution in [0.3, 0.4) is 0 Å². The molecule has 6 nitrogen and oxygen atoms in total. The molecule has 1 N–H and O–H groups in total. The monoisotopic (exact) mass is 317 g/mol. The molecule has 0 unspecified atom stereocenters. The van der Waals surface area contributed by atoms with Crippen LogP contribution < -0.4 is 5.32 Å². The maximum absolute atomic E-state index is 9.03. The summed E-state index contributed by atoms with van der Waals surface area (Å²) in [5.41, 5.74) is 5.58. The maximum atomic E-state index is 9.03. The molecule has 3 heterocycles. The van der Waals surface area contributed by atoms with Crippen molar-refractivity contribution in [3.05, 3.63) is 52.8 Å². The average Bonchev–Trinajstić information content (AvgIpc) is 3.11. The predicted octanol–water partition coefficient (Wildman–Crippen LogP) is 2.62. The Morgan fingerprint density at radius 1 is 1.33 bits per heavy atom. The zero-order valence-corrected chi connectivity index (χ0v) is 13.2. The fourth-order valence-electron chi connectivity index (χ4n) is 3.03. The number of nitrogens with zero attached hydrogens (tertiary/aromatic N) is 4. The number of aryl methyl sites for hydroxylation is 1. The number of hydrogen-bond donors (Lipinski definition) is 1. The van der Waals surface area contributed by atoms with Gasteiger partial charge in [0.25, 0.3) is 5.89 Å². The molecular weight excluding hydrogens is 302 g/mol. The summed E-state index contributed by atoms with van der Waals surface area (Å²) in [7, 11) is 0. The van der Waals surface area contributed by atoms with E-state index in [-0.39, 0.29) is 0 Å². The number of hydrogen-bond acceptors (Lipinski definition) is 6. The first-order valence-corrected chi connectivity index (χ1v) is 7.79. The van der Waals surface area contributed by atoms with Crippen molar-refractivity contribution >= 4 is 0 Å². The Morgan fingerprint density at radius 3 is 3.12 bits per heavy atom. The molecule has 0 spiro atoms. The fraction of sp³-hybridized carbons (Fsp3) is 0.222. The van der Waals surface area contributed by atoms with Crippen molar-refractivity contribution in [3.63, 3.8) is 0 Å². The van der Waals surface area contributed by atoms with Gasteiger partial charge in [0, 0.05) is 29.6 Å². The molecule has 24 heavy (non-hydrogen) atoms. The topological polar surface area (TPSA) is 87.6 Å². The number of benzene rings is 1. The molecule has 1 aliphatic rings. The van der Waals surface area contributed by atoms with Crippen LogP contribution in [0, 0.1) is 18.3 Å². The Morgan fingerprint density at radius 2 is 2.25 bits per heavy atom. The summed E-state index contributed by atoms with van der Waals surface area (Å²) in [6.07, 6.45) is 2.83. The van der Waals surface area contributed by atoms with Crippen molar-refractivity contribution in [3.8, 4) is 28.9 Å². The summed E-state index contributed by atoms with van der Waals surface area (Å²) in [5, 5.41) is 16.5. The van der Waals surface area contributed by atoms with E-state index in [2.05, 4.69) is 26.5 Å². The van der Waals surface area contributed by atoms with Gasteiger partial charge >= 0.3 is 0 Å². The minimum absolute atomic E-state index is 0.410. The lowest BCUT2D eigenvalue weighted by Crippen LogP contribution is -2.24. The van der Waals surface area contributed by atoms with Crippen LogP contribution in [0.2, 0.25) is 0 Å². The van der Waals surface area contributed by atoms with Crippen molar-refractivity contribution in [1.29, 1.82) is 5.26 Å². The van der Waals surface area contributed by atoms with Gasteiger partial charge in [0.1, 0.15) is 0 Å². The van der Waals surface area contributed by atoms with Gasteiger partial charge in [0.05, 0.1) is 11.6 Å². The van der Waals surface area contributed by atoms with Gasteiger partial charge in [0.2, 0.25) is 5.82 Å². The molecule has 3 aromatic rings. The number of nitriles is 1. The van der Waals surface area contributed by atoms with Crippen LogP contribution in [-0.4, -0.2) is 21.7 Å². The van der Waals surface area contributed by atoms with Crippen LogP contribution in [0.5, 0.6) is 0 Å². The van der Waals surface area contributed by atoms with Gasteiger partial charge in [-0.3, -0.25) is 4.98 Å². The number of pyridine rings is 1. The molecule has 0 bridgehead atoms. The molecule has 0 saturated heterocycles. The number of nitrogens with one attached hydrogen (secondary N) is 1. The van der Waals surface area contributed by atoms with Crippen molar-refractivity contribution in [2.24, 2.45) is 0 Å².